The molecule has 2 heterocycles. The maximum atomic E-state index is 6.08. The molecule has 0 amide bonds. The van der Waals surface area contributed by atoms with Gasteiger partial charge in [-0.2, -0.15) is 0 Å². The molecule has 0 bridgehead atoms. The monoisotopic (exact) mass is 320 g/mol. The molecule has 1 aliphatic heterocycles. The van der Waals surface area contributed by atoms with E-state index in [4.69, 9.17) is 14.6 Å². The van der Waals surface area contributed by atoms with Gasteiger partial charge in [0.1, 0.15) is 18.5 Å². The quantitative estimate of drug-likeness (QED) is 0.680. The summed E-state index contributed by atoms with van der Waals surface area (Å²) in [6, 6.07) is 16.7. The lowest BCUT2D eigenvalue weighted by Crippen LogP contribution is -2.32. The van der Waals surface area contributed by atoms with Crippen molar-refractivity contribution < 1.29 is 14.2 Å². The fourth-order valence-corrected chi connectivity index (χ4v) is 3.78. The predicted molar refractivity (Wildman–Crippen MR) is 87.2 cm³/mol. The number of hydrogen-bond donors (Lipinski definition) is 0. The van der Waals surface area contributed by atoms with Gasteiger partial charge in [0.05, 0.1) is 7.11 Å². The minimum Gasteiger partial charge on any atom is -0.497 e. The fourth-order valence-electron chi connectivity index (χ4n) is 3.78. The Morgan fingerprint density at radius 1 is 1.17 bits per heavy atom. The minimum atomic E-state index is 0.202. The van der Waals surface area contributed by atoms with Gasteiger partial charge in [-0.15, -0.1) is 4.68 Å². The lowest BCUT2D eigenvalue weighted by molar-refractivity contribution is -0.657. The Balaban J connectivity index is 1.57. The van der Waals surface area contributed by atoms with Gasteiger partial charge < -0.3 is 9.47 Å². The highest BCUT2D eigenvalue weighted by Crippen LogP contribution is 2.39. The molecule has 2 aliphatic rings. The standard InChI is InChI=1S/C19H18N3O2/c1-23-15-8-6-14(7-9-15)22-12-21-18(20-22)11-24-17-10-13-4-2-3-5-16(13)19(17)21/h2-9,12,17,19H,10-11H2,1H3/q+1/t17-,19?/m0/s1. The summed E-state index contributed by atoms with van der Waals surface area (Å²) < 4.78 is 15.5. The Bertz CT molecular complexity index is 901. The van der Waals surface area contributed by atoms with E-state index in [0.29, 0.717) is 6.61 Å². The third kappa shape index (κ3) is 1.98. The Kier molecular flexibility index (Phi) is 2.97. The van der Waals surface area contributed by atoms with E-state index >= 15 is 0 Å². The number of fused-ring (bicyclic) bond motifs is 5. The van der Waals surface area contributed by atoms with Crippen LogP contribution in [-0.2, 0) is 17.8 Å². The molecule has 120 valence electrons. The number of ether oxygens (including phenoxy) is 2. The lowest BCUT2D eigenvalue weighted by Gasteiger charge is -2.22. The second kappa shape index (κ2) is 5.18. The Morgan fingerprint density at radius 3 is 2.83 bits per heavy atom. The van der Waals surface area contributed by atoms with Crippen LogP contribution in [0.3, 0.4) is 0 Å². The highest BCUT2D eigenvalue weighted by Gasteiger charge is 2.43. The molecule has 0 fully saturated rings. The van der Waals surface area contributed by atoms with Gasteiger partial charge in [0.2, 0.25) is 0 Å². The smallest absolute Gasteiger partial charge is 0.272 e. The Hall–Kier alpha value is -2.66. The number of nitrogens with zero attached hydrogens (tertiary/aromatic N) is 3. The minimum absolute atomic E-state index is 0.202. The number of methoxy groups -OCH3 is 1. The van der Waals surface area contributed by atoms with Crippen LogP contribution < -0.4 is 9.42 Å². The summed E-state index contributed by atoms with van der Waals surface area (Å²) in [5, 5.41) is 4.72. The average molecular weight is 320 g/mol. The van der Waals surface area contributed by atoms with E-state index in [1.165, 1.54) is 11.1 Å². The molecule has 0 spiro atoms. The largest absolute Gasteiger partial charge is 0.497 e. The molecule has 0 N–H and O–H groups in total. The van der Waals surface area contributed by atoms with Gasteiger partial charge in [0, 0.05) is 12.0 Å². The number of hydrogen-bond acceptors (Lipinski definition) is 3. The highest BCUT2D eigenvalue weighted by atomic mass is 16.5. The van der Waals surface area contributed by atoms with Crippen LogP contribution in [0.25, 0.3) is 5.69 Å². The zero-order chi connectivity index (χ0) is 16.1. The van der Waals surface area contributed by atoms with Crippen molar-refractivity contribution >= 4 is 0 Å². The van der Waals surface area contributed by atoms with Crippen molar-refractivity contribution in [2.24, 2.45) is 0 Å². The molecule has 5 heteroatoms. The third-order valence-corrected chi connectivity index (χ3v) is 4.97. The number of benzene rings is 2. The maximum absolute atomic E-state index is 6.08. The molecule has 2 atom stereocenters. The fraction of sp³-hybridized carbons (Fsp3) is 0.263. The van der Waals surface area contributed by atoms with Crippen molar-refractivity contribution in [3.05, 3.63) is 71.8 Å². The first-order valence-corrected chi connectivity index (χ1v) is 8.17. The Morgan fingerprint density at radius 2 is 2.00 bits per heavy atom. The second-order valence-corrected chi connectivity index (χ2v) is 6.28. The van der Waals surface area contributed by atoms with Crippen molar-refractivity contribution in [3.8, 4) is 11.4 Å². The molecule has 1 aromatic heterocycles. The van der Waals surface area contributed by atoms with Crippen LogP contribution in [0.5, 0.6) is 5.75 Å². The number of rotatable bonds is 2. The van der Waals surface area contributed by atoms with Crippen molar-refractivity contribution in [2.75, 3.05) is 7.11 Å². The molecule has 0 saturated heterocycles. The molecular weight excluding hydrogens is 302 g/mol. The van der Waals surface area contributed by atoms with Gasteiger partial charge >= 0.3 is 0 Å². The van der Waals surface area contributed by atoms with E-state index in [9.17, 15) is 0 Å². The van der Waals surface area contributed by atoms with Crippen molar-refractivity contribution in [1.82, 2.24) is 9.67 Å². The van der Waals surface area contributed by atoms with Crippen LogP contribution in [0.1, 0.15) is 23.0 Å². The first-order valence-electron chi connectivity index (χ1n) is 8.17. The zero-order valence-electron chi connectivity index (χ0n) is 13.4. The van der Waals surface area contributed by atoms with Crippen LogP contribution in [0, 0.1) is 0 Å². The summed E-state index contributed by atoms with van der Waals surface area (Å²) >= 11 is 0. The molecule has 24 heavy (non-hydrogen) atoms. The van der Waals surface area contributed by atoms with Crippen LogP contribution in [0.4, 0.5) is 0 Å². The van der Waals surface area contributed by atoms with Gasteiger partial charge in [-0.05, 0) is 34.9 Å². The van der Waals surface area contributed by atoms with E-state index in [1.54, 1.807) is 7.11 Å². The second-order valence-electron chi connectivity index (χ2n) is 6.28. The summed E-state index contributed by atoms with van der Waals surface area (Å²) in [4.78, 5) is 0. The van der Waals surface area contributed by atoms with E-state index in [-0.39, 0.29) is 12.1 Å². The normalized spacial score (nSPS) is 21.0. The van der Waals surface area contributed by atoms with Gasteiger partial charge in [-0.1, -0.05) is 24.3 Å². The molecule has 5 rings (SSSR count). The summed E-state index contributed by atoms with van der Waals surface area (Å²) in [6.45, 7) is 0.554. The van der Waals surface area contributed by atoms with Crippen LogP contribution in [-0.4, -0.2) is 22.9 Å². The van der Waals surface area contributed by atoms with Gasteiger partial charge in [0.25, 0.3) is 12.2 Å². The van der Waals surface area contributed by atoms with E-state index < -0.39 is 0 Å². The average Bonchev–Trinajstić information content (AvgIpc) is 3.22. The molecule has 5 nitrogen and oxygen atoms in total. The SMILES string of the molecule is COc1ccc(-[n+]2cn3c(n2)CO[C@H]2Cc4ccccc4C23)cc1. The molecular formula is C19H18N3O2+. The van der Waals surface area contributed by atoms with Gasteiger partial charge in [-0.3, -0.25) is 0 Å². The van der Waals surface area contributed by atoms with Gasteiger partial charge in [-0.25, -0.2) is 4.57 Å². The summed E-state index contributed by atoms with van der Waals surface area (Å²) in [7, 11) is 1.67. The topological polar surface area (TPSA) is 40.2 Å². The van der Waals surface area contributed by atoms with Crippen LogP contribution in [0.15, 0.2) is 54.9 Å². The molecule has 1 unspecified atom stereocenters. The first kappa shape index (κ1) is 13.7. The van der Waals surface area contributed by atoms with Crippen molar-refractivity contribution in [3.63, 3.8) is 0 Å². The summed E-state index contributed by atoms with van der Waals surface area (Å²) in [5.74, 6) is 1.81. The predicted octanol–water partition coefficient (Wildman–Crippen LogP) is 2.21. The van der Waals surface area contributed by atoms with E-state index in [2.05, 4.69) is 35.2 Å². The first-order chi connectivity index (χ1) is 11.8. The number of aromatic nitrogens is 3. The van der Waals surface area contributed by atoms with Crippen LogP contribution >= 0.6 is 0 Å². The zero-order valence-corrected chi connectivity index (χ0v) is 13.4. The molecule has 2 aromatic carbocycles. The molecule has 0 radical (unpaired) electrons. The lowest BCUT2D eigenvalue weighted by atomic mass is 10.1. The van der Waals surface area contributed by atoms with Crippen LogP contribution in [0.2, 0.25) is 0 Å². The highest BCUT2D eigenvalue weighted by molar-refractivity contribution is 5.38. The summed E-state index contributed by atoms with van der Waals surface area (Å²) in [5.41, 5.74) is 3.74. The van der Waals surface area contributed by atoms with Crippen molar-refractivity contribution in [1.29, 1.82) is 0 Å². The van der Waals surface area contributed by atoms with E-state index in [0.717, 1.165) is 23.7 Å². The third-order valence-electron chi connectivity index (χ3n) is 4.97. The molecule has 0 saturated carbocycles. The van der Waals surface area contributed by atoms with Crippen molar-refractivity contribution in [2.45, 2.75) is 25.2 Å². The molecule has 3 aromatic rings. The summed E-state index contributed by atoms with van der Waals surface area (Å²) in [6.07, 6.45) is 3.26. The Labute approximate surface area is 140 Å². The maximum Gasteiger partial charge on any atom is 0.272 e. The molecule has 1 aliphatic carbocycles. The van der Waals surface area contributed by atoms with E-state index in [1.807, 2.05) is 28.9 Å². The van der Waals surface area contributed by atoms with Gasteiger partial charge in [0.15, 0.2) is 11.7 Å².